The maximum Gasteiger partial charge on any atom is 0.321 e. The van der Waals surface area contributed by atoms with Gasteiger partial charge in [-0.25, -0.2) is 9.78 Å². The van der Waals surface area contributed by atoms with Crippen LogP contribution >= 0.6 is 22.7 Å². The van der Waals surface area contributed by atoms with Gasteiger partial charge in [0.1, 0.15) is 0 Å². The molecule has 1 fully saturated rings. The third-order valence-corrected chi connectivity index (χ3v) is 5.77. The Morgan fingerprint density at radius 1 is 1.24 bits per heavy atom. The lowest BCUT2D eigenvalue weighted by atomic mass is 10.3. The van der Waals surface area contributed by atoms with E-state index in [1.165, 1.54) is 0 Å². The van der Waals surface area contributed by atoms with E-state index in [1.54, 1.807) is 22.7 Å². The fourth-order valence-electron chi connectivity index (χ4n) is 2.58. The van der Waals surface area contributed by atoms with Gasteiger partial charge in [-0.05, 0) is 18.4 Å². The number of nitrogens with one attached hydrogen (secondary N) is 2. The summed E-state index contributed by atoms with van der Waals surface area (Å²) in [6.07, 6.45) is 0. The van der Waals surface area contributed by atoms with E-state index in [4.69, 9.17) is 0 Å². The topological polar surface area (TPSA) is 77.6 Å². The van der Waals surface area contributed by atoms with Crippen LogP contribution in [0.3, 0.4) is 0 Å². The van der Waals surface area contributed by atoms with E-state index in [0.717, 1.165) is 41.9 Å². The number of hydrogen-bond acceptors (Lipinski definition) is 7. The molecule has 0 aliphatic carbocycles. The summed E-state index contributed by atoms with van der Waals surface area (Å²) in [6.45, 7) is 5.89. The number of piperazine rings is 1. The number of carbonyl (C=O) groups is 2. The first-order valence-electron chi connectivity index (χ1n) is 8.09. The van der Waals surface area contributed by atoms with Crippen LogP contribution in [0, 0.1) is 6.92 Å². The van der Waals surface area contributed by atoms with Crippen molar-refractivity contribution >= 4 is 39.7 Å². The minimum atomic E-state index is -0.449. The third-order valence-electron chi connectivity index (χ3n) is 3.87. The highest BCUT2D eigenvalue weighted by atomic mass is 32.1. The standard InChI is InChI=1S/C16H21N5O2S2/c1-12-11-25-16(18-12)21-6-4-20(5-7-21)10-14(22)19-15(23)17-9-13-3-2-8-24-13/h2-3,8,11H,4-7,9-10H2,1H3,(H2,17,19,22,23). The normalized spacial score (nSPS) is 15.2. The zero-order valence-electron chi connectivity index (χ0n) is 14.0. The fraction of sp³-hybridized carbons (Fsp3) is 0.438. The van der Waals surface area contributed by atoms with Crippen molar-refractivity contribution in [2.45, 2.75) is 13.5 Å². The highest BCUT2D eigenvalue weighted by molar-refractivity contribution is 7.13. The molecular weight excluding hydrogens is 358 g/mol. The van der Waals surface area contributed by atoms with Gasteiger partial charge in [0, 0.05) is 36.4 Å². The van der Waals surface area contributed by atoms with Crippen LogP contribution in [0.5, 0.6) is 0 Å². The van der Waals surface area contributed by atoms with Gasteiger partial charge in [0.2, 0.25) is 5.91 Å². The van der Waals surface area contributed by atoms with Crippen LogP contribution in [0.15, 0.2) is 22.9 Å². The first-order valence-corrected chi connectivity index (χ1v) is 9.85. The number of thiophene rings is 1. The summed E-state index contributed by atoms with van der Waals surface area (Å²) in [6, 6.07) is 3.42. The summed E-state index contributed by atoms with van der Waals surface area (Å²) >= 11 is 3.22. The number of aromatic nitrogens is 1. The molecule has 0 saturated carbocycles. The minimum Gasteiger partial charge on any atom is -0.346 e. The van der Waals surface area contributed by atoms with Crippen LogP contribution < -0.4 is 15.5 Å². The van der Waals surface area contributed by atoms with Gasteiger partial charge >= 0.3 is 6.03 Å². The van der Waals surface area contributed by atoms with E-state index in [0.29, 0.717) is 6.54 Å². The summed E-state index contributed by atoms with van der Waals surface area (Å²) in [4.78, 5) is 33.6. The van der Waals surface area contributed by atoms with Crippen LogP contribution in [0.2, 0.25) is 0 Å². The van der Waals surface area contributed by atoms with Gasteiger partial charge < -0.3 is 10.2 Å². The molecule has 1 aliphatic rings. The molecule has 3 amide bonds. The summed E-state index contributed by atoms with van der Waals surface area (Å²) in [5, 5.41) is 10.1. The van der Waals surface area contributed by atoms with Crippen molar-refractivity contribution in [2.24, 2.45) is 0 Å². The highest BCUT2D eigenvalue weighted by Crippen LogP contribution is 2.21. The first kappa shape index (κ1) is 17.8. The first-order chi connectivity index (χ1) is 12.1. The molecule has 9 heteroatoms. The Labute approximate surface area is 154 Å². The van der Waals surface area contributed by atoms with Crippen LogP contribution in [0.1, 0.15) is 10.6 Å². The molecular formula is C16H21N5O2S2. The molecule has 7 nitrogen and oxygen atoms in total. The van der Waals surface area contributed by atoms with Crippen molar-refractivity contribution in [3.05, 3.63) is 33.5 Å². The summed E-state index contributed by atoms with van der Waals surface area (Å²) in [5.41, 5.74) is 1.04. The molecule has 2 aromatic rings. The van der Waals surface area contributed by atoms with Crippen molar-refractivity contribution in [1.82, 2.24) is 20.5 Å². The number of anilines is 1. The Morgan fingerprint density at radius 2 is 2.04 bits per heavy atom. The average molecular weight is 380 g/mol. The van der Waals surface area contributed by atoms with Gasteiger partial charge in [-0.15, -0.1) is 22.7 Å². The number of aryl methyl sites for hydroxylation is 1. The SMILES string of the molecule is Cc1csc(N2CCN(CC(=O)NC(=O)NCc3cccs3)CC2)n1. The van der Waals surface area contributed by atoms with Crippen LogP contribution in [0.25, 0.3) is 0 Å². The van der Waals surface area contributed by atoms with E-state index < -0.39 is 6.03 Å². The van der Waals surface area contributed by atoms with Crippen LogP contribution in [0.4, 0.5) is 9.93 Å². The number of imide groups is 1. The molecule has 0 bridgehead atoms. The molecule has 134 valence electrons. The molecule has 0 atom stereocenters. The zero-order valence-corrected chi connectivity index (χ0v) is 15.7. The number of carbonyl (C=O) groups excluding carboxylic acids is 2. The Kier molecular flexibility index (Phi) is 6.00. The van der Waals surface area contributed by atoms with Gasteiger partial charge in [0.05, 0.1) is 18.8 Å². The largest absolute Gasteiger partial charge is 0.346 e. The smallest absolute Gasteiger partial charge is 0.321 e. The Bertz CT molecular complexity index is 708. The van der Waals surface area contributed by atoms with Crippen LogP contribution in [-0.2, 0) is 11.3 Å². The molecule has 2 aromatic heterocycles. The molecule has 0 spiro atoms. The molecule has 1 saturated heterocycles. The van der Waals surface area contributed by atoms with E-state index in [9.17, 15) is 9.59 Å². The lowest BCUT2D eigenvalue weighted by Crippen LogP contribution is -2.51. The fourth-order valence-corrected chi connectivity index (χ4v) is 4.08. The van der Waals surface area contributed by atoms with Gasteiger partial charge in [0.25, 0.3) is 0 Å². The summed E-state index contributed by atoms with van der Waals surface area (Å²) in [5.74, 6) is -0.276. The number of urea groups is 1. The van der Waals surface area contributed by atoms with Gasteiger partial charge in [-0.2, -0.15) is 0 Å². The quantitative estimate of drug-likeness (QED) is 0.826. The van der Waals surface area contributed by atoms with E-state index in [-0.39, 0.29) is 12.5 Å². The van der Waals surface area contributed by atoms with Gasteiger partial charge in [-0.3, -0.25) is 15.0 Å². The van der Waals surface area contributed by atoms with Crippen molar-refractivity contribution in [3.8, 4) is 0 Å². The lowest BCUT2D eigenvalue weighted by molar-refractivity contribution is -0.121. The van der Waals surface area contributed by atoms with E-state index in [2.05, 4.69) is 25.4 Å². The number of rotatable bonds is 5. The second-order valence-corrected chi connectivity index (χ2v) is 7.71. The minimum absolute atomic E-state index is 0.233. The molecule has 25 heavy (non-hydrogen) atoms. The van der Waals surface area contributed by atoms with Crippen molar-refractivity contribution < 1.29 is 9.59 Å². The Balaban J connectivity index is 1.36. The molecule has 0 radical (unpaired) electrons. The maximum absolute atomic E-state index is 12.0. The number of amides is 3. The predicted molar refractivity (Wildman–Crippen MR) is 100 cm³/mol. The maximum atomic E-state index is 12.0. The second-order valence-electron chi connectivity index (χ2n) is 5.84. The number of thiazole rings is 1. The van der Waals surface area contributed by atoms with Crippen molar-refractivity contribution in [1.29, 1.82) is 0 Å². The van der Waals surface area contributed by atoms with Gasteiger partial charge in [0.15, 0.2) is 5.13 Å². The predicted octanol–water partition coefficient (Wildman–Crippen LogP) is 1.66. The monoisotopic (exact) mass is 379 g/mol. The highest BCUT2D eigenvalue weighted by Gasteiger charge is 2.21. The summed E-state index contributed by atoms with van der Waals surface area (Å²) < 4.78 is 0. The molecule has 2 N–H and O–H groups in total. The van der Waals surface area contributed by atoms with E-state index in [1.807, 2.05) is 29.8 Å². The van der Waals surface area contributed by atoms with E-state index >= 15 is 0 Å². The Morgan fingerprint density at radius 3 is 2.68 bits per heavy atom. The third kappa shape index (κ3) is 5.25. The van der Waals surface area contributed by atoms with Crippen molar-refractivity contribution in [2.75, 3.05) is 37.6 Å². The van der Waals surface area contributed by atoms with Crippen LogP contribution in [-0.4, -0.2) is 54.5 Å². The molecule has 0 unspecified atom stereocenters. The Hall–Kier alpha value is -1.97. The number of nitrogens with zero attached hydrogens (tertiary/aromatic N) is 3. The van der Waals surface area contributed by atoms with Gasteiger partial charge in [-0.1, -0.05) is 6.07 Å². The average Bonchev–Trinajstić information content (AvgIpc) is 3.25. The summed E-state index contributed by atoms with van der Waals surface area (Å²) in [7, 11) is 0. The molecule has 3 rings (SSSR count). The zero-order chi connectivity index (χ0) is 17.6. The van der Waals surface area contributed by atoms with Crippen molar-refractivity contribution in [3.63, 3.8) is 0 Å². The lowest BCUT2D eigenvalue weighted by Gasteiger charge is -2.34. The number of hydrogen-bond donors (Lipinski definition) is 2. The molecule has 0 aromatic carbocycles. The molecule has 3 heterocycles. The second kappa shape index (κ2) is 8.41. The molecule has 1 aliphatic heterocycles.